The fourth-order valence-corrected chi connectivity index (χ4v) is 4.89. The number of aromatic carboxylic acids is 1. The number of aromatic nitrogens is 2. The maximum absolute atomic E-state index is 13.0. The van der Waals surface area contributed by atoms with Gasteiger partial charge in [0.2, 0.25) is 0 Å². The molecule has 0 bridgehead atoms. The minimum atomic E-state index is -0.988. The van der Waals surface area contributed by atoms with E-state index in [1.54, 1.807) is 34.7 Å². The topological polar surface area (TPSA) is 90.1 Å². The van der Waals surface area contributed by atoms with Crippen LogP contribution in [0.5, 0.6) is 11.5 Å². The molecule has 9 heteroatoms. The molecule has 0 spiro atoms. The van der Waals surface area contributed by atoms with Crippen LogP contribution in [0.1, 0.15) is 21.5 Å². The van der Waals surface area contributed by atoms with Gasteiger partial charge in [-0.2, -0.15) is 0 Å². The van der Waals surface area contributed by atoms with Gasteiger partial charge in [-0.3, -0.25) is 4.79 Å². The predicted octanol–water partition coefficient (Wildman–Crippen LogP) is 4.40. The highest BCUT2D eigenvalue weighted by atomic mass is 35.5. The summed E-state index contributed by atoms with van der Waals surface area (Å²) in [5, 5.41) is 9.35. The van der Waals surface area contributed by atoms with E-state index in [1.165, 1.54) is 30.6 Å². The maximum Gasteiger partial charge on any atom is 0.335 e. The Bertz CT molecular complexity index is 1660. The zero-order valence-corrected chi connectivity index (χ0v) is 19.4. The van der Waals surface area contributed by atoms with Gasteiger partial charge in [0, 0.05) is 0 Å². The number of fused-ring (bicyclic) bond motifs is 3. The van der Waals surface area contributed by atoms with E-state index >= 15 is 0 Å². The molecular formula is C25H17ClN2O5S. The van der Waals surface area contributed by atoms with Crippen LogP contribution < -0.4 is 19.6 Å². The van der Waals surface area contributed by atoms with Crippen LogP contribution >= 0.6 is 22.9 Å². The molecule has 0 aliphatic carbocycles. The lowest BCUT2D eigenvalue weighted by Crippen LogP contribution is -2.22. The van der Waals surface area contributed by atoms with Gasteiger partial charge in [-0.15, -0.1) is 0 Å². The Kier molecular flexibility index (Phi) is 5.69. The van der Waals surface area contributed by atoms with Gasteiger partial charge < -0.3 is 14.6 Å². The van der Waals surface area contributed by atoms with E-state index in [1.807, 2.05) is 24.3 Å². The first-order chi connectivity index (χ1) is 16.4. The molecule has 0 fully saturated rings. The summed E-state index contributed by atoms with van der Waals surface area (Å²) in [5.74, 6) is -0.212. The molecule has 0 saturated heterocycles. The van der Waals surface area contributed by atoms with Crippen molar-refractivity contribution in [2.45, 2.75) is 6.61 Å². The third-order valence-electron chi connectivity index (χ3n) is 5.28. The minimum Gasteiger partial charge on any atom is -0.493 e. The molecule has 0 radical (unpaired) electrons. The summed E-state index contributed by atoms with van der Waals surface area (Å²) < 4.78 is 13.5. The number of ether oxygens (including phenoxy) is 2. The van der Waals surface area contributed by atoms with Gasteiger partial charge in [0.1, 0.15) is 6.61 Å². The van der Waals surface area contributed by atoms with Crippen LogP contribution in [0.3, 0.4) is 0 Å². The first-order valence-corrected chi connectivity index (χ1v) is 11.4. The molecule has 34 heavy (non-hydrogen) atoms. The molecule has 1 N–H and O–H groups in total. The second-order valence-electron chi connectivity index (χ2n) is 7.46. The van der Waals surface area contributed by atoms with Gasteiger partial charge >= 0.3 is 5.97 Å². The lowest BCUT2D eigenvalue weighted by atomic mass is 10.1. The molecule has 3 aromatic carbocycles. The number of carboxylic acids is 1. The zero-order chi connectivity index (χ0) is 23.8. The van der Waals surface area contributed by atoms with Crippen molar-refractivity contribution < 1.29 is 19.4 Å². The summed E-state index contributed by atoms with van der Waals surface area (Å²) in [4.78, 5) is 29.2. The van der Waals surface area contributed by atoms with Crippen LogP contribution in [0, 0.1) is 0 Å². The normalized spacial score (nSPS) is 11.9. The van der Waals surface area contributed by atoms with Gasteiger partial charge in [-0.1, -0.05) is 47.2 Å². The molecule has 0 saturated carbocycles. The van der Waals surface area contributed by atoms with Crippen LogP contribution in [0.2, 0.25) is 5.02 Å². The van der Waals surface area contributed by atoms with Gasteiger partial charge in [-0.25, -0.2) is 14.2 Å². The lowest BCUT2D eigenvalue weighted by molar-refractivity contribution is 0.0697. The maximum atomic E-state index is 13.0. The number of nitrogens with zero attached hydrogens (tertiary/aromatic N) is 2. The van der Waals surface area contributed by atoms with Crippen LogP contribution in [0.25, 0.3) is 22.1 Å². The monoisotopic (exact) mass is 492 g/mol. The summed E-state index contributed by atoms with van der Waals surface area (Å²) in [6.07, 6.45) is 1.75. The number of halogens is 1. The highest BCUT2D eigenvalue weighted by molar-refractivity contribution is 7.15. The first-order valence-electron chi connectivity index (χ1n) is 10.2. The highest BCUT2D eigenvalue weighted by Crippen LogP contribution is 2.37. The number of carbonyl (C=O) groups is 1. The summed E-state index contributed by atoms with van der Waals surface area (Å²) >= 11 is 7.80. The number of imidazole rings is 1. The molecule has 0 aliphatic rings. The standard InChI is InChI=1S/C25H17ClN2O5S/c1-32-20-11-15(10-17(26)22(20)33-13-14-6-8-16(9-7-14)24(30)31)12-21-23(29)28-19-5-3-2-4-18(19)27-25(28)34-21/h2-12H,13H2,1H3,(H,30,31). The highest BCUT2D eigenvalue weighted by Gasteiger charge is 2.14. The van der Waals surface area contributed by atoms with Crippen LogP contribution in [0.15, 0.2) is 65.5 Å². The van der Waals surface area contributed by atoms with Crippen molar-refractivity contribution in [1.29, 1.82) is 0 Å². The predicted molar refractivity (Wildman–Crippen MR) is 131 cm³/mol. The molecule has 5 rings (SSSR count). The average Bonchev–Trinajstić information content (AvgIpc) is 3.34. The summed E-state index contributed by atoms with van der Waals surface area (Å²) in [6, 6.07) is 17.3. The summed E-state index contributed by atoms with van der Waals surface area (Å²) in [6.45, 7) is 0.180. The molecule has 0 unspecified atom stereocenters. The van der Waals surface area contributed by atoms with Crippen LogP contribution in [-0.4, -0.2) is 27.6 Å². The van der Waals surface area contributed by atoms with Gasteiger partial charge in [0.05, 0.1) is 33.3 Å². The molecule has 2 heterocycles. The average molecular weight is 493 g/mol. The van der Waals surface area contributed by atoms with Gasteiger partial charge in [0.25, 0.3) is 5.56 Å². The third-order valence-corrected chi connectivity index (χ3v) is 6.53. The van der Waals surface area contributed by atoms with E-state index in [9.17, 15) is 9.59 Å². The second kappa shape index (κ2) is 8.81. The Balaban J connectivity index is 1.46. The number of thiazole rings is 1. The van der Waals surface area contributed by atoms with Gasteiger partial charge in [-0.05, 0) is 53.6 Å². The Morgan fingerprint density at radius 1 is 1.18 bits per heavy atom. The Hall–Kier alpha value is -3.88. The summed E-state index contributed by atoms with van der Waals surface area (Å²) in [5.41, 5.74) is 3.07. The van der Waals surface area contributed by atoms with Crippen LogP contribution in [-0.2, 0) is 6.61 Å². The number of hydrogen-bond acceptors (Lipinski definition) is 6. The number of hydrogen-bond donors (Lipinski definition) is 1. The molecule has 7 nitrogen and oxygen atoms in total. The number of methoxy groups -OCH3 is 1. The van der Waals surface area contributed by atoms with Crippen molar-refractivity contribution in [2.75, 3.05) is 7.11 Å². The number of rotatable bonds is 6. The van der Waals surface area contributed by atoms with Crippen LogP contribution in [0.4, 0.5) is 0 Å². The largest absolute Gasteiger partial charge is 0.493 e. The van der Waals surface area contributed by atoms with E-state index in [0.717, 1.165) is 16.6 Å². The lowest BCUT2D eigenvalue weighted by Gasteiger charge is -2.13. The third kappa shape index (κ3) is 3.98. The molecule has 170 valence electrons. The SMILES string of the molecule is COc1cc(C=c2sc3nc4ccccc4n3c2=O)cc(Cl)c1OCc1ccc(C(=O)O)cc1. The number of carboxylic acid groups (broad SMARTS) is 1. The Morgan fingerprint density at radius 3 is 2.68 bits per heavy atom. The molecule has 0 amide bonds. The fourth-order valence-electron chi connectivity index (χ4n) is 3.63. The van der Waals surface area contributed by atoms with Crippen molar-refractivity contribution in [3.05, 3.63) is 97.3 Å². The van der Waals surface area contributed by atoms with Crippen molar-refractivity contribution in [2.24, 2.45) is 0 Å². The fraction of sp³-hybridized carbons (Fsp3) is 0.0800. The molecule has 0 atom stereocenters. The van der Waals surface area contributed by atoms with E-state index in [2.05, 4.69) is 4.98 Å². The zero-order valence-electron chi connectivity index (χ0n) is 17.8. The Labute approximate surface area is 202 Å². The Morgan fingerprint density at radius 2 is 1.94 bits per heavy atom. The second-order valence-corrected chi connectivity index (χ2v) is 8.88. The van der Waals surface area contributed by atoms with Gasteiger partial charge in [0.15, 0.2) is 16.5 Å². The van der Waals surface area contributed by atoms with E-state index in [0.29, 0.717) is 31.6 Å². The van der Waals surface area contributed by atoms with Crippen molar-refractivity contribution in [3.63, 3.8) is 0 Å². The van der Waals surface area contributed by atoms with E-state index in [-0.39, 0.29) is 17.7 Å². The molecular weight excluding hydrogens is 476 g/mol. The van der Waals surface area contributed by atoms with E-state index < -0.39 is 5.97 Å². The quantitative estimate of drug-likeness (QED) is 0.378. The van der Waals surface area contributed by atoms with E-state index in [4.69, 9.17) is 26.2 Å². The number of para-hydroxylation sites is 2. The van der Waals surface area contributed by atoms with Crippen molar-refractivity contribution in [3.8, 4) is 11.5 Å². The minimum absolute atomic E-state index is 0.145. The number of benzene rings is 3. The van der Waals surface area contributed by atoms with Crippen molar-refractivity contribution >= 4 is 51.0 Å². The smallest absolute Gasteiger partial charge is 0.335 e. The summed E-state index contributed by atoms with van der Waals surface area (Å²) in [7, 11) is 1.51. The molecule has 5 aromatic rings. The van der Waals surface area contributed by atoms with Crippen molar-refractivity contribution in [1.82, 2.24) is 9.38 Å². The first kappa shape index (κ1) is 21.9. The molecule has 0 aliphatic heterocycles. The molecule has 2 aromatic heterocycles.